The first kappa shape index (κ1) is 24.4. The van der Waals surface area contributed by atoms with E-state index in [9.17, 15) is 9.90 Å². The molecule has 0 bridgehead atoms. The van der Waals surface area contributed by atoms with Gasteiger partial charge in [0.2, 0.25) is 0 Å². The van der Waals surface area contributed by atoms with E-state index in [2.05, 4.69) is 25.7 Å². The van der Waals surface area contributed by atoms with E-state index in [0.717, 1.165) is 58.0 Å². The van der Waals surface area contributed by atoms with Gasteiger partial charge < -0.3 is 9.84 Å². The Labute approximate surface area is 156 Å². The van der Waals surface area contributed by atoms with Crippen molar-refractivity contribution in [2.75, 3.05) is 19.8 Å². The molecular weight excluding hydrogens is 314 g/mol. The Bertz CT molecular complexity index is 289. The van der Waals surface area contributed by atoms with E-state index in [4.69, 9.17) is 4.74 Å². The standard InChI is InChI=1S/C21H43NO3/c1-4-7-10-11-12-14-20(23)15-13-16-21(24)25-19-22(17-8-5-2)18-9-6-3/h20,23H,4-19H2,1-3H3. The van der Waals surface area contributed by atoms with Crippen LogP contribution in [-0.2, 0) is 9.53 Å². The third-order valence-electron chi connectivity index (χ3n) is 4.62. The number of aliphatic hydroxyl groups excluding tert-OH is 1. The summed E-state index contributed by atoms with van der Waals surface area (Å²) in [6, 6.07) is 0. The maximum atomic E-state index is 11.9. The van der Waals surface area contributed by atoms with E-state index < -0.39 is 0 Å². The number of carbonyl (C=O) groups is 1. The lowest BCUT2D eigenvalue weighted by atomic mass is 10.0. The van der Waals surface area contributed by atoms with Gasteiger partial charge in [-0.2, -0.15) is 0 Å². The van der Waals surface area contributed by atoms with Crippen LogP contribution in [0.15, 0.2) is 0 Å². The lowest BCUT2D eigenvalue weighted by Crippen LogP contribution is -2.30. The van der Waals surface area contributed by atoms with Gasteiger partial charge in [0.1, 0.15) is 6.73 Å². The number of aliphatic hydroxyl groups is 1. The van der Waals surface area contributed by atoms with Crippen molar-refractivity contribution in [3.8, 4) is 0 Å². The fraction of sp³-hybridized carbons (Fsp3) is 0.952. The fourth-order valence-electron chi connectivity index (χ4n) is 2.85. The van der Waals surface area contributed by atoms with Crippen LogP contribution in [0.2, 0.25) is 0 Å². The molecule has 4 nitrogen and oxygen atoms in total. The molecule has 0 aliphatic rings. The Balaban J connectivity index is 3.71. The van der Waals surface area contributed by atoms with E-state index in [0.29, 0.717) is 19.6 Å². The number of esters is 1. The van der Waals surface area contributed by atoms with E-state index in [1.165, 1.54) is 25.7 Å². The van der Waals surface area contributed by atoms with Crippen molar-refractivity contribution in [2.45, 2.75) is 110 Å². The summed E-state index contributed by atoms with van der Waals surface area (Å²) in [6.45, 7) is 8.99. The van der Waals surface area contributed by atoms with Gasteiger partial charge in [0.05, 0.1) is 6.10 Å². The maximum absolute atomic E-state index is 11.9. The van der Waals surface area contributed by atoms with Crippen molar-refractivity contribution in [1.82, 2.24) is 4.90 Å². The molecule has 0 amide bonds. The lowest BCUT2D eigenvalue weighted by molar-refractivity contribution is -0.148. The molecule has 1 atom stereocenters. The van der Waals surface area contributed by atoms with E-state index in [-0.39, 0.29) is 12.1 Å². The van der Waals surface area contributed by atoms with Crippen molar-refractivity contribution in [3.63, 3.8) is 0 Å². The molecule has 0 saturated carbocycles. The van der Waals surface area contributed by atoms with Gasteiger partial charge in [-0.15, -0.1) is 0 Å². The second kappa shape index (κ2) is 18.2. The molecule has 4 heteroatoms. The number of hydrogen-bond acceptors (Lipinski definition) is 4. The van der Waals surface area contributed by atoms with Crippen LogP contribution in [0.25, 0.3) is 0 Å². The molecule has 0 aromatic rings. The molecule has 0 fully saturated rings. The zero-order chi connectivity index (χ0) is 18.8. The number of hydrogen-bond donors (Lipinski definition) is 1. The van der Waals surface area contributed by atoms with Gasteiger partial charge >= 0.3 is 5.97 Å². The Morgan fingerprint density at radius 1 is 0.840 bits per heavy atom. The smallest absolute Gasteiger partial charge is 0.307 e. The number of carbonyl (C=O) groups excluding carboxylic acids is 1. The van der Waals surface area contributed by atoms with Crippen LogP contribution in [0.1, 0.15) is 104 Å². The van der Waals surface area contributed by atoms with E-state index in [1.807, 2.05) is 0 Å². The first-order chi connectivity index (χ1) is 12.1. The second-order valence-corrected chi connectivity index (χ2v) is 7.22. The highest BCUT2D eigenvalue weighted by atomic mass is 16.5. The Hall–Kier alpha value is -0.610. The molecule has 0 aliphatic heterocycles. The molecule has 1 unspecified atom stereocenters. The third kappa shape index (κ3) is 16.6. The van der Waals surface area contributed by atoms with E-state index >= 15 is 0 Å². The predicted octanol–water partition coefficient (Wildman–Crippen LogP) is 5.28. The monoisotopic (exact) mass is 357 g/mol. The van der Waals surface area contributed by atoms with Crippen LogP contribution in [0, 0.1) is 0 Å². The zero-order valence-electron chi connectivity index (χ0n) is 17.1. The average molecular weight is 358 g/mol. The van der Waals surface area contributed by atoms with Crippen LogP contribution >= 0.6 is 0 Å². The van der Waals surface area contributed by atoms with Crippen molar-refractivity contribution < 1.29 is 14.6 Å². The number of rotatable bonds is 18. The van der Waals surface area contributed by atoms with Gasteiger partial charge in [0.25, 0.3) is 0 Å². The largest absolute Gasteiger partial charge is 0.449 e. The first-order valence-electron chi connectivity index (χ1n) is 10.7. The van der Waals surface area contributed by atoms with Crippen LogP contribution in [0.3, 0.4) is 0 Å². The van der Waals surface area contributed by atoms with Crippen LogP contribution in [0.5, 0.6) is 0 Å². The number of unbranched alkanes of at least 4 members (excludes halogenated alkanes) is 6. The molecule has 0 rings (SSSR count). The van der Waals surface area contributed by atoms with Gasteiger partial charge in [0.15, 0.2) is 0 Å². The molecular formula is C21H43NO3. The third-order valence-corrected chi connectivity index (χ3v) is 4.62. The van der Waals surface area contributed by atoms with Crippen LogP contribution < -0.4 is 0 Å². The van der Waals surface area contributed by atoms with Crippen molar-refractivity contribution in [3.05, 3.63) is 0 Å². The molecule has 0 heterocycles. The molecule has 25 heavy (non-hydrogen) atoms. The zero-order valence-corrected chi connectivity index (χ0v) is 17.1. The quantitative estimate of drug-likeness (QED) is 0.206. The minimum atomic E-state index is -0.264. The molecule has 0 saturated heterocycles. The normalized spacial score (nSPS) is 12.5. The Morgan fingerprint density at radius 3 is 2.00 bits per heavy atom. The first-order valence-corrected chi connectivity index (χ1v) is 10.7. The molecule has 150 valence electrons. The van der Waals surface area contributed by atoms with Crippen LogP contribution in [-0.4, -0.2) is 41.9 Å². The summed E-state index contributed by atoms with van der Waals surface area (Å²) in [4.78, 5) is 14.1. The van der Waals surface area contributed by atoms with Gasteiger partial charge in [-0.1, -0.05) is 65.7 Å². The van der Waals surface area contributed by atoms with Gasteiger partial charge in [-0.05, 0) is 32.1 Å². The van der Waals surface area contributed by atoms with E-state index in [1.54, 1.807) is 0 Å². The SMILES string of the molecule is CCCCCCCC(O)CCCC(=O)OCN(CCCC)CCCC. The van der Waals surface area contributed by atoms with Gasteiger partial charge in [-0.3, -0.25) is 9.69 Å². The highest BCUT2D eigenvalue weighted by Crippen LogP contribution is 2.12. The maximum Gasteiger partial charge on any atom is 0.307 e. The highest BCUT2D eigenvalue weighted by Gasteiger charge is 2.10. The number of ether oxygens (including phenoxy) is 1. The summed E-state index contributed by atoms with van der Waals surface area (Å²) in [7, 11) is 0. The molecule has 0 radical (unpaired) electrons. The van der Waals surface area contributed by atoms with Gasteiger partial charge in [-0.25, -0.2) is 0 Å². The average Bonchev–Trinajstić information content (AvgIpc) is 2.61. The Morgan fingerprint density at radius 2 is 1.40 bits per heavy atom. The summed E-state index contributed by atoms with van der Waals surface area (Å²) in [6.07, 6.45) is 13.2. The highest BCUT2D eigenvalue weighted by molar-refractivity contribution is 5.69. The fourth-order valence-corrected chi connectivity index (χ4v) is 2.85. The summed E-state index contributed by atoms with van der Waals surface area (Å²) < 4.78 is 5.41. The topological polar surface area (TPSA) is 49.8 Å². The molecule has 0 aromatic carbocycles. The molecule has 1 N–H and O–H groups in total. The predicted molar refractivity (Wildman–Crippen MR) is 106 cm³/mol. The second-order valence-electron chi connectivity index (χ2n) is 7.22. The summed E-state index contributed by atoms with van der Waals surface area (Å²) in [5.41, 5.74) is 0. The van der Waals surface area contributed by atoms with Crippen molar-refractivity contribution in [2.24, 2.45) is 0 Å². The molecule has 0 aliphatic carbocycles. The molecule has 0 spiro atoms. The van der Waals surface area contributed by atoms with Crippen LogP contribution in [0.4, 0.5) is 0 Å². The minimum absolute atomic E-state index is 0.131. The summed E-state index contributed by atoms with van der Waals surface area (Å²) >= 11 is 0. The lowest BCUT2D eigenvalue weighted by Gasteiger charge is -2.21. The Kier molecular flexibility index (Phi) is 17.7. The van der Waals surface area contributed by atoms with Crippen molar-refractivity contribution in [1.29, 1.82) is 0 Å². The van der Waals surface area contributed by atoms with Crippen molar-refractivity contribution >= 4 is 5.97 Å². The molecule has 0 aromatic heterocycles. The number of nitrogens with zero attached hydrogens (tertiary/aromatic N) is 1. The van der Waals surface area contributed by atoms with Gasteiger partial charge in [0, 0.05) is 19.5 Å². The minimum Gasteiger partial charge on any atom is -0.449 e. The summed E-state index contributed by atoms with van der Waals surface area (Å²) in [5, 5.41) is 9.97. The summed E-state index contributed by atoms with van der Waals surface area (Å²) in [5.74, 6) is -0.131.